The fourth-order valence-electron chi connectivity index (χ4n) is 1.89. The molecule has 20 heavy (non-hydrogen) atoms. The smallest absolute Gasteiger partial charge is 0.341 e. The normalized spacial score (nSPS) is 10.9. The van der Waals surface area contributed by atoms with E-state index in [0.717, 1.165) is 5.56 Å². The predicted octanol–water partition coefficient (Wildman–Crippen LogP) is 1.87. The van der Waals surface area contributed by atoms with E-state index in [4.69, 9.17) is 9.15 Å². The minimum Gasteiger partial charge on any atom is -0.462 e. The average Bonchev–Trinajstić information content (AvgIpc) is 3.04. The molecule has 0 aliphatic heterocycles. The first-order valence-electron chi connectivity index (χ1n) is 6.14. The van der Waals surface area contributed by atoms with Crippen molar-refractivity contribution in [2.24, 2.45) is 0 Å². The van der Waals surface area contributed by atoms with Crippen molar-refractivity contribution in [2.75, 3.05) is 6.61 Å². The van der Waals surface area contributed by atoms with Gasteiger partial charge in [0.1, 0.15) is 5.56 Å². The van der Waals surface area contributed by atoms with Crippen LogP contribution < -0.4 is 0 Å². The van der Waals surface area contributed by atoms with Crippen LogP contribution in [0.1, 0.15) is 23.2 Å². The van der Waals surface area contributed by atoms with E-state index in [9.17, 15) is 4.79 Å². The Morgan fingerprint density at radius 1 is 1.40 bits per heavy atom. The number of nitrogens with zero attached hydrogens (tertiary/aromatic N) is 4. The number of aryl methyl sites for hydroxylation is 1. The Bertz CT molecular complexity index is 775. The molecule has 0 unspecified atom stereocenters. The van der Waals surface area contributed by atoms with Gasteiger partial charge in [0.05, 0.1) is 23.9 Å². The van der Waals surface area contributed by atoms with E-state index in [1.54, 1.807) is 36.7 Å². The van der Waals surface area contributed by atoms with E-state index in [-0.39, 0.29) is 5.97 Å². The topological polar surface area (TPSA) is 82.5 Å². The molecule has 3 heterocycles. The fourth-order valence-corrected chi connectivity index (χ4v) is 1.89. The number of rotatable bonds is 3. The van der Waals surface area contributed by atoms with Crippen LogP contribution in [0.15, 0.2) is 28.9 Å². The number of hydrogen-bond donors (Lipinski definition) is 0. The SMILES string of the molecule is CCOC(=O)c1cnn2cc(-c3nnc(C)o3)ccc12. The Hall–Kier alpha value is -2.70. The highest BCUT2D eigenvalue weighted by Gasteiger charge is 2.15. The standard InChI is InChI=1S/C13H12N4O3/c1-3-19-13(18)10-6-14-17-7-9(4-5-11(10)17)12-16-15-8(2)20-12/h4-7H,3H2,1-2H3. The molecule has 3 aromatic heterocycles. The van der Waals surface area contributed by atoms with Crippen molar-refractivity contribution in [1.29, 1.82) is 0 Å². The monoisotopic (exact) mass is 272 g/mol. The van der Waals surface area contributed by atoms with Gasteiger partial charge in [0.25, 0.3) is 0 Å². The van der Waals surface area contributed by atoms with Crippen LogP contribution in [-0.4, -0.2) is 32.4 Å². The van der Waals surface area contributed by atoms with Crippen molar-refractivity contribution in [1.82, 2.24) is 19.8 Å². The summed E-state index contributed by atoms with van der Waals surface area (Å²) in [6.45, 7) is 3.82. The lowest BCUT2D eigenvalue weighted by Gasteiger charge is -2.00. The van der Waals surface area contributed by atoms with Gasteiger partial charge in [-0.2, -0.15) is 5.10 Å². The van der Waals surface area contributed by atoms with Crippen LogP contribution in [0.4, 0.5) is 0 Å². The fraction of sp³-hybridized carbons (Fsp3) is 0.231. The molecule has 0 aromatic carbocycles. The van der Waals surface area contributed by atoms with Crippen LogP contribution in [0.2, 0.25) is 0 Å². The summed E-state index contributed by atoms with van der Waals surface area (Å²) in [5.41, 5.74) is 1.83. The summed E-state index contributed by atoms with van der Waals surface area (Å²) in [5, 5.41) is 11.9. The first-order chi connectivity index (χ1) is 9.69. The van der Waals surface area contributed by atoms with Crippen molar-refractivity contribution < 1.29 is 13.9 Å². The van der Waals surface area contributed by atoms with Crippen LogP contribution in [0.25, 0.3) is 17.0 Å². The number of fused-ring (bicyclic) bond motifs is 1. The molecular weight excluding hydrogens is 260 g/mol. The van der Waals surface area contributed by atoms with Crippen molar-refractivity contribution in [3.8, 4) is 11.5 Å². The van der Waals surface area contributed by atoms with Gasteiger partial charge >= 0.3 is 5.97 Å². The maximum Gasteiger partial charge on any atom is 0.341 e. The highest BCUT2D eigenvalue weighted by Crippen LogP contribution is 2.20. The molecule has 102 valence electrons. The zero-order valence-corrected chi connectivity index (χ0v) is 11.0. The van der Waals surface area contributed by atoms with Gasteiger partial charge in [-0.3, -0.25) is 0 Å². The molecule has 3 rings (SSSR count). The molecule has 0 saturated carbocycles. The molecule has 7 heteroatoms. The lowest BCUT2D eigenvalue weighted by atomic mass is 10.2. The molecule has 0 radical (unpaired) electrons. The molecular formula is C13H12N4O3. The Kier molecular flexibility index (Phi) is 2.94. The zero-order valence-electron chi connectivity index (χ0n) is 11.0. The van der Waals surface area contributed by atoms with E-state index in [1.807, 2.05) is 0 Å². The molecule has 7 nitrogen and oxygen atoms in total. The third-order valence-corrected chi connectivity index (χ3v) is 2.78. The molecule has 0 aliphatic rings. The van der Waals surface area contributed by atoms with Crippen LogP contribution >= 0.6 is 0 Å². The summed E-state index contributed by atoms with van der Waals surface area (Å²) in [6, 6.07) is 3.57. The van der Waals surface area contributed by atoms with Crippen molar-refractivity contribution >= 4 is 11.5 Å². The summed E-state index contributed by atoms with van der Waals surface area (Å²) in [4.78, 5) is 11.8. The highest BCUT2D eigenvalue weighted by atomic mass is 16.5. The van der Waals surface area contributed by atoms with E-state index >= 15 is 0 Å². The summed E-state index contributed by atoms with van der Waals surface area (Å²) < 4.78 is 11.9. The largest absolute Gasteiger partial charge is 0.462 e. The summed E-state index contributed by atoms with van der Waals surface area (Å²) in [7, 11) is 0. The van der Waals surface area contributed by atoms with Gasteiger partial charge < -0.3 is 9.15 Å². The number of hydrogen-bond acceptors (Lipinski definition) is 6. The second kappa shape index (κ2) is 4.76. The Labute approximate surface area is 114 Å². The average molecular weight is 272 g/mol. The molecule has 0 spiro atoms. The second-order valence-electron chi connectivity index (χ2n) is 4.15. The number of aromatic nitrogens is 4. The maximum absolute atomic E-state index is 11.8. The first kappa shape index (κ1) is 12.3. The minimum atomic E-state index is -0.385. The molecule has 0 saturated heterocycles. The van der Waals surface area contributed by atoms with Crippen LogP contribution in [-0.2, 0) is 4.74 Å². The number of pyridine rings is 1. The van der Waals surface area contributed by atoms with Crippen LogP contribution in [0.5, 0.6) is 0 Å². The highest BCUT2D eigenvalue weighted by molar-refractivity contribution is 5.96. The minimum absolute atomic E-state index is 0.329. The Morgan fingerprint density at radius 3 is 2.95 bits per heavy atom. The second-order valence-corrected chi connectivity index (χ2v) is 4.15. The molecule has 3 aromatic rings. The van der Waals surface area contributed by atoms with Gasteiger partial charge in [0, 0.05) is 13.1 Å². The third kappa shape index (κ3) is 2.03. The molecule has 0 atom stereocenters. The summed E-state index contributed by atoms with van der Waals surface area (Å²) >= 11 is 0. The van der Waals surface area contributed by atoms with Crippen LogP contribution in [0, 0.1) is 6.92 Å². The lowest BCUT2D eigenvalue weighted by molar-refractivity contribution is 0.0528. The van der Waals surface area contributed by atoms with Crippen molar-refractivity contribution in [3.63, 3.8) is 0 Å². The molecule has 0 fully saturated rings. The molecule has 0 amide bonds. The van der Waals surface area contributed by atoms with E-state index in [2.05, 4.69) is 15.3 Å². The predicted molar refractivity (Wildman–Crippen MR) is 69.2 cm³/mol. The summed E-state index contributed by atoms with van der Waals surface area (Å²) in [6.07, 6.45) is 3.21. The van der Waals surface area contributed by atoms with Gasteiger partial charge in [-0.1, -0.05) is 0 Å². The quantitative estimate of drug-likeness (QED) is 0.677. The molecule has 0 N–H and O–H groups in total. The zero-order chi connectivity index (χ0) is 14.1. The van der Waals surface area contributed by atoms with Crippen molar-refractivity contribution in [3.05, 3.63) is 36.0 Å². The van der Waals surface area contributed by atoms with E-state index in [1.165, 1.54) is 6.20 Å². The van der Waals surface area contributed by atoms with Crippen LogP contribution in [0.3, 0.4) is 0 Å². The maximum atomic E-state index is 11.8. The van der Waals surface area contributed by atoms with E-state index < -0.39 is 0 Å². The number of carbonyl (C=O) groups excluding carboxylic acids is 1. The van der Waals surface area contributed by atoms with Gasteiger partial charge in [0.2, 0.25) is 11.8 Å². The Morgan fingerprint density at radius 2 is 2.25 bits per heavy atom. The van der Waals surface area contributed by atoms with E-state index in [0.29, 0.717) is 29.5 Å². The van der Waals surface area contributed by atoms with Gasteiger partial charge in [-0.05, 0) is 19.1 Å². The number of ether oxygens (including phenoxy) is 1. The van der Waals surface area contributed by atoms with Gasteiger partial charge in [0.15, 0.2) is 0 Å². The first-order valence-corrected chi connectivity index (χ1v) is 6.14. The molecule has 0 bridgehead atoms. The number of carbonyl (C=O) groups is 1. The third-order valence-electron chi connectivity index (χ3n) is 2.78. The number of esters is 1. The Balaban J connectivity index is 2.03. The molecule has 0 aliphatic carbocycles. The van der Waals surface area contributed by atoms with Gasteiger partial charge in [-0.25, -0.2) is 9.31 Å². The lowest BCUT2D eigenvalue weighted by Crippen LogP contribution is -2.03. The van der Waals surface area contributed by atoms with Gasteiger partial charge in [-0.15, -0.1) is 10.2 Å². The van der Waals surface area contributed by atoms with Crippen molar-refractivity contribution in [2.45, 2.75) is 13.8 Å². The summed E-state index contributed by atoms with van der Waals surface area (Å²) in [5.74, 6) is 0.522.